The number of thioether (sulfide) groups is 1. The van der Waals surface area contributed by atoms with Crippen LogP contribution in [0.15, 0.2) is 47.4 Å². The number of carboxylic acids is 1. The van der Waals surface area contributed by atoms with E-state index in [0.717, 1.165) is 54.7 Å². The van der Waals surface area contributed by atoms with Gasteiger partial charge in [0, 0.05) is 28.5 Å². The van der Waals surface area contributed by atoms with E-state index in [1.165, 1.54) is 5.56 Å². The number of benzene rings is 2. The molecule has 0 aromatic heterocycles. The third kappa shape index (κ3) is 9.76. The van der Waals surface area contributed by atoms with Gasteiger partial charge in [-0.3, -0.25) is 0 Å². The SMILES string of the molecule is CC1(c2ccc(O)cc2)CSc2cc(O)ccc2C1CCCCCCCCC(CCCC(F)(F)C(F)(F)F)C(=O)[O-].[Na+]. The van der Waals surface area contributed by atoms with Crippen LogP contribution in [0.5, 0.6) is 11.5 Å². The van der Waals surface area contributed by atoms with E-state index in [9.17, 15) is 42.1 Å². The summed E-state index contributed by atoms with van der Waals surface area (Å²) in [5.41, 5.74) is 2.19. The smallest absolute Gasteiger partial charge is 0.550 e. The van der Waals surface area contributed by atoms with E-state index in [0.29, 0.717) is 6.42 Å². The normalized spacial score (nSPS) is 19.5. The minimum atomic E-state index is -5.63. The quantitative estimate of drug-likeness (QED) is 0.164. The second-order valence-electron chi connectivity index (χ2n) is 11.3. The predicted octanol–water partition coefficient (Wildman–Crippen LogP) is 5.10. The number of phenolic OH excluding ortho intramolecular Hbond substituents is 2. The number of aliphatic carboxylic acids is 1. The number of fused-ring (bicyclic) bond motifs is 1. The number of carbonyl (C=O) groups is 1. The van der Waals surface area contributed by atoms with Gasteiger partial charge in [0.15, 0.2) is 0 Å². The molecule has 4 nitrogen and oxygen atoms in total. The molecule has 1 heterocycles. The Labute approximate surface area is 270 Å². The Balaban J connectivity index is 0.00000616. The molecule has 0 spiro atoms. The van der Waals surface area contributed by atoms with E-state index in [2.05, 4.69) is 6.92 Å². The zero-order valence-electron chi connectivity index (χ0n) is 24.2. The maximum atomic E-state index is 13.1. The van der Waals surface area contributed by atoms with Gasteiger partial charge >= 0.3 is 41.7 Å². The van der Waals surface area contributed by atoms with Crippen LogP contribution in [0.2, 0.25) is 0 Å². The van der Waals surface area contributed by atoms with Crippen LogP contribution in [-0.4, -0.2) is 34.0 Å². The monoisotopic (exact) mass is 624 g/mol. The largest absolute Gasteiger partial charge is 1.00 e. The van der Waals surface area contributed by atoms with Crippen molar-refractivity contribution in [1.82, 2.24) is 0 Å². The summed E-state index contributed by atoms with van der Waals surface area (Å²) in [6, 6.07) is 12.9. The van der Waals surface area contributed by atoms with E-state index < -0.39 is 36.8 Å². The van der Waals surface area contributed by atoms with Gasteiger partial charge in [-0.25, -0.2) is 0 Å². The fraction of sp³-hybridized carbons (Fsp3) is 0.581. The average Bonchev–Trinajstić information content (AvgIpc) is 2.89. The fourth-order valence-corrected chi connectivity index (χ4v) is 7.15. The molecule has 0 aliphatic carbocycles. The maximum Gasteiger partial charge on any atom is 1.00 e. The van der Waals surface area contributed by atoms with Gasteiger partial charge in [-0.15, -0.1) is 11.8 Å². The first-order valence-corrected chi connectivity index (χ1v) is 15.1. The van der Waals surface area contributed by atoms with Crippen molar-refractivity contribution in [3.8, 4) is 11.5 Å². The second kappa shape index (κ2) is 16.0. The molecule has 0 bridgehead atoms. The van der Waals surface area contributed by atoms with E-state index >= 15 is 0 Å². The summed E-state index contributed by atoms with van der Waals surface area (Å²) in [6.45, 7) is 2.24. The summed E-state index contributed by atoms with van der Waals surface area (Å²) >= 11 is 1.72. The molecule has 0 fully saturated rings. The number of carbonyl (C=O) groups excluding carboxylic acids is 1. The summed E-state index contributed by atoms with van der Waals surface area (Å²) in [4.78, 5) is 12.4. The summed E-state index contributed by atoms with van der Waals surface area (Å²) in [7, 11) is 0. The Morgan fingerprint density at radius 2 is 1.50 bits per heavy atom. The number of unbranched alkanes of at least 4 members (excludes halogenated alkanes) is 5. The van der Waals surface area contributed by atoms with Crippen molar-refractivity contribution in [2.75, 3.05) is 5.75 Å². The molecule has 228 valence electrons. The Hall–Kier alpha value is -1.49. The van der Waals surface area contributed by atoms with Crippen LogP contribution in [-0.2, 0) is 10.2 Å². The van der Waals surface area contributed by atoms with Crippen LogP contribution < -0.4 is 34.7 Å². The number of hydrogen-bond acceptors (Lipinski definition) is 5. The Morgan fingerprint density at radius 3 is 2.12 bits per heavy atom. The first kappa shape index (κ1) is 36.7. The number of carboxylic acid groups (broad SMARTS) is 1. The molecule has 1 aliphatic heterocycles. The van der Waals surface area contributed by atoms with Crippen molar-refractivity contribution in [2.24, 2.45) is 5.92 Å². The number of hydrogen-bond donors (Lipinski definition) is 2. The van der Waals surface area contributed by atoms with Crippen LogP contribution in [0.1, 0.15) is 94.6 Å². The molecule has 2 aromatic carbocycles. The van der Waals surface area contributed by atoms with E-state index in [4.69, 9.17) is 0 Å². The second-order valence-corrected chi connectivity index (χ2v) is 12.4. The summed E-state index contributed by atoms with van der Waals surface area (Å²) < 4.78 is 63.1. The van der Waals surface area contributed by atoms with Gasteiger partial charge in [0.25, 0.3) is 0 Å². The molecule has 0 saturated carbocycles. The third-order valence-corrected chi connectivity index (χ3v) is 9.69. The Bertz CT molecular complexity index is 1150. The Morgan fingerprint density at radius 1 is 0.929 bits per heavy atom. The number of rotatable bonds is 15. The van der Waals surface area contributed by atoms with Crippen molar-refractivity contribution in [3.05, 3.63) is 53.6 Å². The summed E-state index contributed by atoms with van der Waals surface area (Å²) in [5, 5.41) is 31.1. The Kier molecular flexibility index (Phi) is 14.0. The van der Waals surface area contributed by atoms with E-state index in [1.807, 2.05) is 24.3 Å². The molecule has 0 amide bonds. The minimum Gasteiger partial charge on any atom is -0.550 e. The van der Waals surface area contributed by atoms with Gasteiger partial charge in [-0.1, -0.05) is 63.6 Å². The van der Waals surface area contributed by atoms with E-state index in [1.54, 1.807) is 30.0 Å². The number of aromatic hydroxyl groups is 2. The van der Waals surface area contributed by atoms with Gasteiger partial charge in [-0.2, -0.15) is 22.0 Å². The van der Waals surface area contributed by atoms with Crippen LogP contribution >= 0.6 is 11.8 Å². The summed E-state index contributed by atoms with van der Waals surface area (Å²) in [5.74, 6) is -5.73. The molecule has 3 unspecified atom stereocenters. The molecular weight excluding hydrogens is 586 g/mol. The van der Waals surface area contributed by atoms with Crippen molar-refractivity contribution >= 4 is 17.7 Å². The molecule has 0 radical (unpaired) electrons. The molecule has 3 rings (SSSR count). The molecule has 2 aromatic rings. The molecular formula is C31H38F5NaO4S. The predicted molar refractivity (Wildman–Crippen MR) is 147 cm³/mol. The molecule has 11 heteroatoms. The molecule has 0 saturated heterocycles. The zero-order valence-corrected chi connectivity index (χ0v) is 27.0. The van der Waals surface area contributed by atoms with Gasteiger partial charge in [0.1, 0.15) is 11.5 Å². The first-order valence-electron chi connectivity index (χ1n) is 14.2. The molecule has 1 aliphatic rings. The van der Waals surface area contributed by atoms with Crippen molar-refractivity contribution in [1.29, 1.82) is 0 Å². The van der Waals surface area contributed by atoms with Crippen molar-refractivity contribution in [2.45, 2.75) is 106 Å². The zero-order chi connectivity index (χ0) is 30.3. The van der Waals surface area contributed by atoms with Crippen LogP contribution in [0, 0.1) is 5.92 Å². The summed E-state index contributed by atoms with van der Waals surface area (Å²) in [6.07, 6.45) is -1.66. The van der Waals surface area contributed by atoms with Gasteiger partial charge in [0.05, 0.1) is 0 Å². The van der Waals surface area contributed by atoms with Crippen LogP contribution in [0.4, 0.5) is 22.0 Å². The third-order valence-electron chi connectivity index (χ3n) is 8.28. The molecule has 3 atom stereocenters. The standard InChI is InChI=1S/C31H39F5O4S.Na/c1-29(22-12-14-23(37)15-13-22)20-41-27-19-24(38)16-17-25(27)26(29)11-7-5-3-2-4-6-9-21(28(39)40)10-8-18-30(32,33)31(34,35)36;/h12-17,19,21,26,37-38H,2-11,18,20H2,1H3,(H,39,40);/q;+1/p-1. The number of alkyl halides is 5. The van der Waals surface area contributed by atoms with Crippen molar-refractivity contribution in [3.63, 3.8) is 0 Å². The first-order chi connectivity index (χ1) is 19.2. The number of phenols is 2. The average molecular weight is 625 g/mol. The fourth-order valence-electron chi connectivity index (χ4n) is 5.75. The molecule has 42 heavy (non-hydrogen) atoms. The number of halogens is 5. The van der Waals surface area contributed by atoms with Gasteiger partial charge in [-0.05, 0) is 72.9 Å². The van der Waals surface area contributed by atoms with Crippen LogP contribution in [0.3, 0.4) is 0 Å². The van der Waals surface area contributed by atoms with Gasteiger partial charge < -0.3 is 20.1 Å². The van der Waals surface area contributed by atoms with Crippen molar-refractivity contribution < 1.29 is 71.6 Å². The molecule has 2 N–H and O–H groups in total. The van der Waals surface area contributed by atoms with E-state index in [-0.39, 0.29) is 65.2 Å². The van der Waals surface area contributed by atoms with Gasteiger partial charge in [0.2, 0.25) is 0 Å². The minimum absolute atomic E-state index is 0. The topological polar surface area (TPSA) is 80.6 Å². The maximum absolute atomic E-state index is 13.1. The van der Waals surface area contributed by atoms with Crippen LogP contribution in [0.25, 0.3) is 0 Å².